The molecule has 4 rings (SSSR count). The maximum absolute atomic E-state index is 12.5. The van der Waals surface area contributed by atoms with Crippen molar-refractivity contribution in [3.63, 3.8) is 0 Å². The lowest BCUT2D eigenvalue weighted by Gasteiger charge is -2.25. The molecule has 1 aromatic carbocycles. The van der Waals surface area contributed by atoms with Crippen molar-refractivity contribution < 1.29 is 4.74 Å². The highest BCUT2D eigenvalue weighted by atomic mass is 35.5. The first-order chi connectivity index (χ1) is 14.2. The molecule has 0 bridgehead atoms. The summed E-state index contributed by atoms with van der Waals surface area (Å²) in [6.45, 7) is 2.88. The number of halogens is 1. The second-order valence-electron chi connectivity index (χ2n) is 7.42. The molecule has 1 saturated heterocycles. The number of aromatic nitrogens is 2. The highest BCUT2D eigenvalue weighted by Crippen LogP contribution is 2.22. The van der Waals surface area contributed by atoms with Crippen molar-refractivity contribution in [2.75, 3.05) is 13.2 Å². The van der Waals surface area contributed by atoms with E-state index in [2.05, 4.69) is 20.9 Å². The molecule has 0 unspecified atom stereocenters. The monoisotopic (exact) mass is 409 g/mol. The summed E-state index contributed by atoms with van der Waals surface area (Å²) in [5, 5.41) is 0.692. The first-order valence-electron chi connectivity index (χ1n) is 9.88. The van der Waals surface area contributed by atoms with Crippen LogP contribution in [0.3, 0.4) is 0 Å². The molecule has 0 saturated carbocycles. The lowest BCUT2D eigenvalue weighted by atomic mass is 10.1. The van der Waals surface area contributed by atoms with Gasteiger partial charge in [0.15, 0.2) is 0 Å². The fraction of sp³-hybridized carbons (Fsp3) is 0.304. The van der Waals surface area contributed by atoms with Crippen LogP contribution in [0, 0.1) is 0 Å². The maximum Gasteiger partial charge on any atom is 0.252 e. The van der Waals surface area contributed by atoms with Crippen LogP contribution in [-0.2, 0) is 17.8 Å². The van der Waals surface area contributed by atoms with Crippen LogP contribution in [0.4, 0.5) is 0 Å². The lowest BCUT2D eigenvalue weighted by Crippen LogP contribution is -2.33. The Morgan fingerprint density at radius 2 is 2.03 bits per heavy atom. The lowest BCUT2D eigenvalue weighted by molar-refractivity contribution is 0.0677. The van der Waals surface area contributed by atoms with Crippen molar-refractivity contribution >= 4 is 11.6 Å². The van der Waals surface area contributed by atoms with Gasteiger partial charge in [0.25, 0.3) is 5.56 Å². The summed E-state index contributed by atoms with van der Waals surface area (Å²) in [4.78, 5) is 21.9. The van der Waals surface area contributed by atoms with Crippen LogP contribution in [0.15, 0.2) is 65.8 Å². The van der Waals surface area contributed by atoms with Crippen LogP contribution < -0.4 is 5.56 Å². The average molecular weight is 410 g/mol. The SMILES string of the molecule is O=c1[nH]cc(-c2ccc(Cl)cc2)cc1CN(Cc1cccnc1)C[C@H]1CCCO1. The summed E-state index contributed by atoms with van der Waals surface area (Å²) in [6.07, 6.45) is 7.76. The van der Waals surface area contributed by atoms with Crippen molar-refractivity contribution in [2.24, 2.45) is 0 Å². The molecule has 0 amide bonds. The Bertz CT molecular complexity index is 983. The second-order valence-corrected chi connectivity index (χ2v) is 7.85. The summed E-state index contributed by atoms with van der Waals surface area (Å²) in [5.74, 6) is 0. The number of nitrogens with one attached hydrogen (secondary N) is 1. The van der Waals surface area contributed by atoms with Crippen molar-refractivity contribution in [3.05, 3.63) is 87.6 Å². The van der Waals surface area contributed by atoms with Gasteiger partial charge in [0, 0.05) is 55.4 Å². The molecule has 0 aliphatic carbocycles. The van der Waals surface area contributed by atoms with E-state index in [-0.39, 0.29) is 11.7 Å². The van der Waals surface area contributed by atoms with Gasteiger partial charge in [-0.3, -0.25) is 14.7 Å². The van der Waals surface area contributed by atoms with E-state index < -0.39 is 0 Å². The number of pyridine rings is 2. The van der Waals surface area contributed by atoms with E-state index in [1.165, 1.54) is 0 Å². The summed E-state index contributed by atoms with van der Waals surface area (Å²) in [6, 6.07) is 13.6. The summed E-state index contributed by atoms with van der Waals surface area (Å²) in [7, 11) is 0. The Kier molecular flexibility index (Phi) is 6.39. The fourth-order valence-corrected chi connectivity index (χ4v) is 3.84. The third kappa shape index (κ3) is 5.32. The smallest absolute Gasteiger partial charge is 0.252 e. The quantitative estimate of drug-likeness (QED) is 0.633. The molecular weight excluding hydrogens is 386 g/mol. The van der Waals surface area contributed by atoms with Gasteiger partial charge in [-0.15, -0.1) is 0 Å². The average Bonchev–Trinajstić information content (AvgIpc) is 3.24. The summed E-state index contributed by atoms with van der Waals surface area (Å²) in [5.41, 5.74) is 3.78. The topological polar surface area (TPSA) is 58.2 Å². The Balaban J connectivity index is 1.57. The van der Waals surface area contributed by atoms with Gasteiger partial charge in [-0.1, -0.05) is 29.8 Å². The minimum Gasteiger partial charge on any atom is -0.377 e. The van der Waals surface area contributed by atoms with E-state index in [1.807, 2.05) is 42.6 Å². The number of rotatable bonds is 7. The van der Waals surface area contributed by atoms with E-state index in [4.69, 9.17) is 16.3 Å². The van der Waals surface area contributed by atoms with Gasteiger partial charge in [-0.05, 0) is 53.8 Å². The minimum atomic E-state index is -0.0637. The standard InChI is InChI=1S/C23H24ClN3O2/c24-21-7-5-18(6-8-21)19-11-20(23(28)26-13-19)15-27(16-22-4-2-10-29-22)14-17-3-1-9-25-12-17/h1,3,5-9,11-13,22H,2,4,10,14-16H2,(H,26,28)/t22-/m1/s1. The zero-order valence-electron chi connectivity index (χ0n) is 16.2. The van der Waals surface area contributed by atoms with Crippen molar-refractivity contribution in [1.29, 1.82) is 0 Å². The van der Waals surface area contributed by atoms with E-state index in [1.54, 1.807) is 12.4 Å². The van der Waals surface area contributed by atoms with Gasteiger partial charge >= 0.3 is 0 Å². The van der Waals surface area contributed by atoms with Crippen LogP contribution in [0.1, 0.15) is 24.0 Å². The molecule has 1 aliphatic rings. The summed E-state index contributed by atoms with van der Waals surface area (Å²) < 4.78 is 5.84. The molecule has 1 fully saturated rings. The number of nitrogens with zero attached hydrogens (tertiary/aromatic N) is 2. The fourth-order valence-electron chi connectivity index (χ4n) is 3.71. The van der Waals surface area contributed by atoms with Crippen LogP contribution in [0.25, 0.3) is 11.1 Å². The normalized spacial score (nSPS) is 16.4. The zero-order chi connectivity index (χ0) is 20.1. The molecule has 1 aliphatic heterocycles. The second kappa shape index (κ2) is 9.35. The van der Waals surface area contributed by atoms with Gasteiger partial charge in [0.05, 0.1) is 6.10 Å². The Morgan fingerprint density at radius 3 is 2.76 bits per heavy atom. The molecule has 3 heterocycles. The third-order valence-corrected chi connectivity index (χ3v) is 5.42. The molecule has 0 radical (unpaired) electrons. The maximum atomic E-state index is 12.5. The minimum absolute atomic E-state index is 0.0637. The predicted molar refractivity (Wildman–Crippen MR) is 115 cm³/mol. The molecule has 3 aromatic rings. The third-order valence-electron chi connectivity index (χ3n) is 5.17. The molecular formula is C23H24ClN3O2. The number of H-pyrrole nitrogens is 1. The first kappa shape index (κ1) is 19.8. The van der Waals surface area contributed by atoms with E-state index in [9.17, 15) is 4.79 Å². The van der Waals surface area contributed by atoms with Crippen LogP contribution in [-0.4, -0.2) is 34.1 Å². The van der Waals surface area contributed by atoms with Gasteiger partial charge in [0.2, 0.25) is 0 Å². The zero-order valence-corrected chi connectivity index (χ0v) is 16.9. The van der Waals surface area contributed by atoms with Crippen molar-refractivity contribution in [1.82, 2.24) is 14.9 Å². The Labute approximate surface area is 175 Å². The molecule has 150 valence electrons. The highest BCUT2D eigenvalue weighted by Gasteiger charge is 2.20. The molecule has 1 N–H and O–H groups in total. The number of benzene rings is 1. The van der Waals surface area contributed by atoms with E-state index in [0.717, 1.165) is 54.8 Å². The Hall–Kier alpha value is -2.47. The van der Waals surface area contributed by atoms with Gasteiger partial charge in [-0.25, -0.2) is 0 Å². The van der Waals surface area contributed by atoms with Crippen LogP contribution in [0.5, 0.6) is 0 Å². The van der Waals surface area contributed by atoms with Gasteiger partial charge < -0.3 is 9.72 Å². The van der Waals surface area contributed by atoms with Crippen molar-refractivity contribution in [3.8, 4) is 11.1 Å². The highest BCUT2D eigenvalue weighted by molar-refractivity contribution is 6.30. The van der Waals surface area contributed by atoms with Crippen LogP contribution in [0.2, 0.25) is 5.02 Å². The van der Waals surface area contributed by atoms with E-state index in [0.29, 0.717) is 11.6 Å². The molecule has 5 nitrogen and oxygen atoms in total. The Morgan fingerprint density at radius 1 is 1.17 bits per heavy atom. The number of aromatic amines is 1. The molecule has 2 aromatic heterocycles. The number of hydrogen-bond donors (Lipinski definition) is 1. The first-order valence-corrected chi connectivity index (χ1v) is 10.3. The van der Waals surface area contributed by atoms with E-state index >= 15 is 0 Å². The van der Waals surface area contributed by atoms with Gasteiger partial charge in [-0.2, -0.15) is 0 Å². The molecule has 1 atom stereocenters. The van der Waals surface area contributed by atoms with Crippen molar-refractivity contribution in [2.45, 2.75) is 32.0 Å². The van der Waals surface area contributed by atoms with Crippen LogP contribution >= 0.6 is 11.6 Å². The largest absolute Gasteiger partial charge is 0.377 e. The summed E-state index contributed by atoms with van der Waals surface area (Å²) >= 11 is 6.00. The molecule has 0 spiro atoms. The number of hydrogen-bond acceptors (Lipinski definition) is 4. The number of ether oxygens (including phenoxy) is 1. The molecule has 6 heteroatoms. The van der Waals surface area contributed by atoms with Gasteiger partial charge in [0.1, 0.15) is 0 Å². The molecule has 29 heavy (non-hydrogen) atoms. The predicted octanol–water partition coefficient (Wildman–Crippen LogP) is 4.27.